The van der Waals surface area contributed by atoms with Crippen LogP contribution in [0.1, 0.15) is 40.4 Å². The van der Waals surface area contributed by atoms with Crippen LogP contribution in [-0.2, 0) is 11.0 Å². The zero-order valence-corrected chi connectivity index (χ0v) is 17.5. The van der Waals surface area contributed by atoms with Gasteiger partial charge in [-0.3, -0.25) is 9.59 Å². The molecule has 0 radical (unpaired) electrons. The molecule has 3 aromatic carbocycles. The van der Waals surface area contributed by atoms with E-state index in [-0.39, 0.29) is 17.6 Å². The Morgan fingerprint density at radius 1 is 0.848 bits per heavy atom. The molecule has 0 spiro atoms. The average Bonchev–Trinajstić information content (AvgIpc) is 3.62. The number of carbonyl (C=O) groups is 2. The Labute approximate surface area is 189 Å². The van der Waals surface area contributed by atoms with E-state index < -0.39 is 23.7 Å². The minimum Gasteiger partial charge on any atom is -0.370 e. The van der Waals surface area contributed by atoms with Crippen LogP contribution < -0.4 is 16.0 Å². The summed E-state index contributed by atoms with van der Waals surface area (Å²) in [5, 5.41) is 8.59. The van der Waals surface area contributed by atoms with Crippen molar-refractivity contribution in [3.05, 3.63) is 95.6 Å². The van der Waals surface area contributed by atoms with Crippen LogP contribution in [0.25, 0.3) is 0 Å². The Hall–Kier alpha value is -3.81. The summed E-state index contributed by atoms with van der Waals surface area (Å²) in [6.45, 7) is 0. The van der Waals surface area contributed by atoms with Crippen LogP contribution in [0.3, 0.4) is 0 Å². The lowest BCUT2D eigenvalue weighted by Gasteiger charge is -2.21. The summed E-state index contributed by atoms with van der Waals surface area (Å²) in [5.41, 5.74) is 0.798. The van der Waals surface area contributed by atoms with Crippen molar-refractivity contribution in [2.45, 2.75) is 31.1 Å². The van der Waals surface area contributed by atoms with E-state index in [0.29, 0.717) is 16.8 Å². The van der Waals surface area contributed by atoms with Crippen LogP contribution in [0.2, 0.25) is 0 Å². The van der Waals surface area contributed by atoms with Gasteiger partial charge in [-0.05, 0) is 54.8 Å². The lowest BCUT2D eigenvalue weighted by Crippen LogP contribution is -2.28. The first kappa shape index (κ1) is 22.4. The van der Waals surface area contributed by atoms with Gasteiger partial charge in [0.05, 0.1) is 5.56 Å². The van der Waals surface area contributed by atoms with Gasteiger partial charge in [0.15, 0.2) is 0 Å². The maximum absolute atomic E-state index is 13.1. The van der Waals surface area contributed by atoms with Gasteiger partial charge in [0.2, 0.25) is 0 Å². The molecular formula is C25H22F3N3O2. The van der Waals surface area contributed by atoms with Crippen LogP contribution in [0.5, 0.6) is 0 Å². The monoisotopic (exact) mass is 453 g/mol. The minimum absolute atomic E-state index is 0.0371. The average molecular weight is 453 g/mol. The molecule has 1 unspecified atom stereocenters. The van der Waals surface area contributed by atoms with Gasteiger partial charge in [0, 0.05) is 23.0 Å². The van der Waals surface area contributed by atoms with E-state index in [0.717, 1.165) is 25.0 Å². The predicted molar refractivity (Wildman–Crippen MR) is 120 cm³/mol. The van der Waals surface area contributed by atoms with Crippen molar-refractivity contribution in [2.75, 3.05) is 10.6 Å². The maximum atomic E-state index is 13.1. The second-order valence-electron chi connectivity index (χ2n) is 7.88. The largest absolute Gasteiger partial charge is 0.416 e. The zero-order valence-electron chi connectivity index (χ0n) is 17.5. The van der Waals surface area contributed by atoms with E-state index in [1.807, 2.05) is 0 Å². The first-order valence-electron chi connectivity index (χ1n) is 10.5. The number of anilines is 2. The number of hydrogen-bond acceptors (Lipinski definition) is 3. The molecule has 3 N–H and O–H groups in total. The lowest BCUT2D eigenvalue weighted by atomic mass is 10.0. The number of halogens is 3. The number of benzene rings is 3. The van der Waals surface area contributed by atoms with Crippen molar-refractivity contribution in [3.8, 4) is 0 Å². The molecule has 0 heterocycles. The Bertz CT molecular complexity index is 1140. The third kappa shape index (κ3) is 5.91. The summed E-state index contributed by atoms with van der Waals surface area (Å²) in [5.74, 6) is -0.723. The minimum atomic E-state index is -4.51. The van der Waals surface area contributed by atoms with E-state index in [1.165, 1.54) is 12.1 Å². The summed E-state index contributed by atoms with van der Waals surface area (Å²) in [6, 6.07) is 19.4. The third-order valence-electron chi connectivity index (χ3n) is 5.20. The molecule has 1 atom stereocenters. The molecule has 1 fully saturated rings. The fourth-order valence-electron chi connectivity index (χ4n) is 3.35. The van der Waals surface area contributed by atoms with Crippen molar-refractivity contribution < 1.29 is 22.8 Å². The Kier molecular flexibility index (Phi) is 6.35. The van der Waals surface area contributed by atoms with Gasteiger partial charge in [-0.25, -0.2) is 0 Å². The highest BCUT2D eigenvalue weighted by Gasteiger charge is 2.31. The molecule has 0 saturated heterocycles. The fraction of sp³-hybridized carbons (Fsp3) is 0.200. The van der Waals surface area contributed by atoms with Gasteiger partial charge >= 0.3 is 6.18 Å². The third-order valence-corrected chi connectivity index (χ3v) is 5.20. The van der Waals surface area contributed by atoms with Crippen LogP contribution in [0.15, 0.2) is 78.9 Å². The van der Waals surface area contributed by atoms with Gasteiger partial charge in [-0.15, -0.1) is 0 Å². The fourth-order valence-corrected chi connectivity index (χ4v) is 3.35. The summed E-state index contributed by atoms with van der Waals surface area (Å²) < 4.78 is 39.1. The van der Waals surface area contributed by atoms with Crippen LogP contribution >= 0.6 is 0 Å². The Morgan fingerprint density at radius 2 is 1.55 bits per heavy atom. The van der Waals surface area contributed by atoms with Crippen molar-refractivity contribution in [1.82, 2.24) is 5.32 Å². The molecule has 0 aromatic heterocycles. The molecule has 8 heteroatoms. The van der Waals surface area contributed by atoms with E-state index in [2.05, 4.69) is 16.0 Å². The molecule has 0 bridgehead atoms. The highest BCUT2D eigenvalue weighted by molar-refractivity contribution is 5.98. The molecule has 170 valence electrons. The summed E-state index contributed by atoms with van der Waals surface area (Å²) in [4.78, 5) is 25.5. The molecule has 3 aromatic rings. The topological polar surface area (TPSA) is 70.2 Å². The van der Waals surface area contributed by atoms with Crippen molar-refractivity contribution in [3.63, 3.8) is 0 Å². The number of rotatable bonds is 7. The molecule has 1 aliphatic rings. The van der Waals surface area contributed by atoms with E-state index in [9.17, 15) is 22.8 Å². The first-order chi connectivity index (χ1) is 15.8. The Morgan fingerprint density at radius 3 is 2.24 bits per heavy atom. The maximum Gasteiger partial charge on any atom is 0.416 e. The van der Waals surface area contributed by atoms with Crippen molar-refractivity contribution in [1.29, 1.82) is 0 Å². The van der Waals surface area contributed by atoms with Gasteiger partial charge in [0.25, 0.3) is 11.8 Å². The van der Waals surface area contributed by atoms with Crippen molar-refractivity contribution in [2.24, 2.45) is 0 Å². The molecule has 4 rings (SSSR count). The van der Waals surface area contributed by atoms with Crippen LogP contribution in [0, 0.1) is 0 Å². The van der Waals surface area contributed by atoms with E-state index in [4.69, 9.17) is 0 Å². The number of carbonyl (C=O) groups excluding carboxylic acids is 2. The Balaban J connectivity index is 1.56. The number of hydrogen-bond donors (Lipinski definition) is 3. The normalized spacial score (nSPS) is 14.3. The highest BCUT2D eigenvalue weighted by Crippen LogP contribution is 2.31. The highest BCUT2D eigenvalue weighted by atomic mass is 19.4. The van der Waals surface area contributed by atoms with Crippen molar-refractivity contribution >= 4 is 23.2 Å². The molecule has 5 nitrogen and oxygen atoms in total. The zero-order chi connectivity index (χ0) is 23.4. The lowest BCUT2D eigenvalue weighted by molar-refractivity contribution is -0.137. The number of nitrogens with one attached hydrogen (secondary N) is 3. The summed E-state index contributed by atoms with van der Waals surface area (Å²) in [7, 11) is 0. The number of amides is 2. The second kappa shape index (κ2) is 9.36. The van der Waals surface area contributed by atoms with Crippen LogP contribution in [-0.4, -0.2) is 17.9 Å². The molecule has 0 aliphatic heterocycles. The molecule has 33 heavy (non-hydrogen) atoms. The molecule has 1 saturated carbocycles. The molecule has 2 amide bonds. The van der Waals surface area contributed by atoms with Gasteiger partial charge < -0.3 is 16.0 Å². The van der Waals surface area contributed by atoms with Gasteiger partial charge in [0.1, 0.15) is 6.04 Å². The number of alkyl halides is 3. The quantitative estimate of drug-likeness (QED) is 0.449. The second-order valence-corrected chi connectivity index (χ2v) is 7.88. The smallest absolute Gasteiger partial charge is 0.370 e. The van der Waals surface area contributed by atoms with Gasteiger partial charge in [-0.1, -0.05) is 42.5 Å². The summed E-state index contributed by atoms with van der Waals surface area (Å²) >= 11 is 0. The summed E-state index contributed by atoms with van der Waals surface area (Å²) in [6.07, 6.45) is -2.58. The standard InChI is InChI=1S/C25H22F3N3O2/c26-25(27,28)18-9-5-11-21(15-18)31-24(33)22(16-6-2-1-3-7-16)29-20-10-4-8-17(14-20)23(32)30-19-12-13-19/h1-11,14-15,19,22,29H,12-13H2,(H,30,32)(H,31,33). The molecular weight excluding hydrogens is 431 g/mol. The van der Waals surface area contributed by atoms with E-state index >= 15 is 0 Å². The SMILES string of the molecule is O=C(NC1CC1)c1cccc(NC(C(=O)Nc2cccc(C(F)(F)F)c2)c2ccccc2)c1. The predicted octanol–water partition coefficient (Wildman–Crippen LogP) is 5.39. The van der Waals surface area contributed by atoms with Crippen LogP contribution in [0.4, 0.5) is 24.5 Å². The van der Waals surface area contributed by atoms with Gasteiger partial charge in [-0.2, -0.15) is 13.2 Å². The first-order valence-corrected chi connectivity index (χ1v) is 10.5. The van der Waals surface area contributed by atoms with E-state index in [1.54, 1.807) is 54.6 Å². The molecule has 1 aliphatic carbocycles.